The Bertz CT molecular complexity index is 1130. The maximum atomic E-state index is 13.4. The Kier molecular flexibility index (Phi) is 5.72. The van der Waals surface area contributed by atoms with E-state index in [0.717, 1.165) is 16.0 Å². The Balaban J connectivity index is 1.70. The Morgan fingerprint density at radius 1 is 1.13 bits per heavy atom. The molecule has 2 aromatic carbocycles. The van der Waals surface area contributed by atoms with Crippen LogP contribution in [-0.2, 0) is 6.54 Å². The zero-order chi connectivity index (χ0) is 21.1. The van der Waals surface area contributed by atoms with Crippen molar-refractivity contribution in [3.63, 3.8) is 0 Å². The van der Waals surface area contributed by atoms with Crippen LogP contribution in [0.2, 0.25) is 0 Å². The van der Waals surface area contributed by atoms with E-state index in [4.69, 9.17) is 18.9 Å². The summed E-state index contributed by atoms with van der Waals surface area (Å²) in [5.41, 5.74) is 1.28. The minimum atomic E-state index is -0.166. The second kappa shape index (κ2) is 8.59. The number of fused-ring (bicyclic) bond motifs is 1. The van der Waals surface area contributed by atoms with Crippen molar-refractivity contribution >= 4 is 32.6 Å². The first kappa shape index (κ1) is 20.0. The second-order valence-corrected chi connectivity index (χ2v) is 7.97. The van der Waals surface area contributed by atoms with Gasteiger partial charge < -0.3 is 13.9 Å². The largest absolute Gasteiger partial charge is 0.494 e. The SMILES string of the molecule is COc1cccc2sc(N(Cc3ccco3)C(=O)c3ccc(OC(C)C)cc3)nc12. The molecule has 4 rings (SSSR count). The summed E-state index contributed by atoms with van der Waals surface area (Å²) < 4.78 is 17.5. The molecule has 0 fully saturated rings. The third kappa shape index (κ3) is 4.16. The lowest BCUT2D eigenvalue weighted by atomic mass is 10.2. The van der Waals surface area contributed by atoms with Crippen LogP contribution < -0.4 is 14.4 Å². The first-order chi connectivity index (χ1) is 14.5. The lowest BCUT2D eigenvalue weighted by molar-refractivity contribution is 0.0983. The molecule has 30 heavy (non-hydrogen) atoms. The first-order valence-electron chi connectivity index (χ1n) is 9.59. The van der Waals surface area contributed by atoms with Crippen molar-refractivity contribution < 1.29 is 18.7 Å². The zero-order valence-corrected chi connectivity index (χ0v) is 17.8. The number of methoxy groups -OCH3 is 1. The lowest BCUT2D eigenvalue weighted by Crippen LogP contribution is -2.30. The minimum absolute atomic E-state index is 0.0692. The number of thiazole rings is 1. The van der Waals surface area contributed by atoms with E-state index >= 15 is 0 Å². The van der Waals surface area contributed by atoms with Gasteiger partial charge in [-0.15, -0.1) is 0 Å². The molecular formula is C23H22N2O4S. The van der Waals surface area contributed by atoms with Gasteiger partial charge in [-0.1, -0.05) is 17.4 Å². The van der Waals surface area contributed by atoms with E-state index in [2.05, 4.69) is 0 Å². The smallest absolute Gasteiger partial charge is 0.260 e. The molecule has 0 atom stereocenters. The summed E-state index contributed by atoms with van der Waals surface area (Å²) in [6, 6.07) is 16.5. The van der Waals surface area contributed by atoms with Gasteiger partial charge in [0.15, 0.2) is 5.13 Å². The van der Waals surface area contributed by atoms with Crippen molar-refractivity contribution in [2.24, 2.45) is 0 Å². The summed E-state index contributed by atoms with van der Waals surface area (Å²) in [4.78, 5) is 19.7. The van der Waals surface area contributed by atoms with Gasteiger partial charge >= 0.3 is 0 Å². The molecule has 0 N–H and O–H groups in total. The molecular weight excluding hydrogens is 400 g/mol. The van der Waals surface area contributed by atoms with Crippen LogP contribution in [0.25, 0.3) is 10.2 Å². The number of anilines is 1. The van der Waals surface area contributed by atoms with Gasteiger partial charge in [0.05, 0.1) is 30.7 Å². The summed E-state index contributed by atoms with van der Waals surface area (Å²) in [6.45, 7) is 4.20. The van der Waals surface area contributed by atoms with Crippen molar-refractivity contribution in [1.29, 1.82) is 0 Å². The van der Waals surface area contributed by atoms with Gasteiger partial charge in [0.2, 0.25) is 0 Å². The van der Waals surface area contributed by atoms with E-state index in [0.29, 0.717) is 22.2 Å². The fourth-order valence-electron chi connectivity index (χ4n) is 3.08. The second-order valence-electron chi connectivity index (χ2n) is 6.97. The summed E-state index contributed by atoms with van der Waals surface area (Å²) in [5, 5.41) is 0.582. The molecule has 154 valence electrons. The number of hydrogen-bond acceptors (Lipinski definition) is 6. The summed E-state index contributed by atoms with van der Waals surface area (Å²) in [7, 11) is 1.61. The number of carbonyl (C=O) groups excluding carboxylic acids is 1. The van der Waals surface area contributed by atoms with E-state index in [9.17, 15) is 4.79 Å². The molecule has 0 aliphatic rings. The third-order valence-corrected chi connectivity index (χ3v) is 5.48. The van der Waals surface area contributed by atoms with E-state index in [1.807, 2.05) is 38.1 Å². The summed E-state index contributed by atoms with van der Waals surface area (Å²) >= 11 is 1.44. The molecule has 0 unspecified atom stereocenters. The van der Waals surface area contributed by atoms with Gasteiger partial charge in [-0.05, 0) is 62.4 Å². The van der Waals surface area contributed by atoms with Crippen molar-refractivity contribution in [2.75, 3.05) is 12.0 Å². The van der Waals surface area contributed by atoms with E-state index in [-0.39, 0.29) is 18.6 Å². The molecule has 0 aliphatic heterocycles. The number of aromatic nitrogens is 1. The highest BCUT2D eigenvalue weighted by Crippen LogP contribution is 2.35. The monoisotopic (exact) mass is 422 g/mol. The number of carbonyl (C=O) groups is 1. The molecule has 2 heterocycles. The van der Waals surface area contributed by atoms with Crippen LogP contribution in [-0.4, -0.2) is 24.1 Å². The zero-order valence-electron chi connectivity index (χ0n) is 17.0. The fourth-order valence-corrected chi connectivity index (χ4v) is 4.06. The number of nitrogens with zero attached hydrogens (tertiary/aromatic N) is 2. The molecule has 0 radical (unpaired) electrons. The van der Waals surface area contributed by atoms with Crippen molar-refractivity contribution in [3.8, 4) is 11.5 Å². The lowest BCUT2D eigenvalue weighted by Gasteiger charge is -2.19. The van der Waals surface area contributed by atoms with Crippen LogP contribution in [0.15, 0.2) is 65.3 Å². The van der Waals surface area contributed by atoms with Crippen LogP contribution in [0.4, 0.5) is 5.13 Å². The number of rotatable bonds is 7. The highest BCUT2D eigenvalue weighted by Gasteiger charge is 2.23. The standard InChI is InChI=1S/C23H22N2O4S/c1-15(2)29-17-11-9-16(10-12-17)22(26)25(14-18-6-5-13-28-18)23-24-21-19(27-3)7-4-8-20(21)30-23/h4-13,15H,14H2,1-3H3. The minimum Gasteiger partial charge on any atom is -0.494 e. The number of para-hydroxylation sites is 1. The van der Waals surface area contributed by atoms with Gasteiger partial charge in [0.25, 0.3) is 5.91 Å². The van der Waals surface area contributed by atoms with Crippen LogP contribution >= 0.6 is 11.3 Å². The van der Waals surface area contributed by atoms with Gasteiger partial charge in [-0.25, -0.2) is 4.98 Å². The summed E-state index contributed by atoms with van der Waals surface area (Å²) in [5.74, 6) is 1.91. The number of furan rings is 1. The maximum absolute atomic E-state index is 13.4. The molecule has 0 saturated carbocycles. The first-order valence-corrected chi connectivity index (χ1v) is 10.4. The average molecular weight is 423 g/mol. The summed E-state index contributed by atoms with van der Waals surface area (Å²) in [6.07, 6.45) is 1.66. The Morgan fingerprint density at radius 3 is 2.60 bits per heavy atom. The average Bonchev–Trinajstić information content (AvgIpc) is 3.41. The Labute approximate surface area is 178 Å². The number of benzene rings is 2. The molecule has 0 saturated heterocycles. The topological polar surface area (TPSA) is 64.8 Å². The fraction of sp³-hybridized carbons (Fsp3) is 0.217. The van der Waals surface area contributed by atoms with E-state index in [1.165, 1.54) is 11.3 Å². The molecule has 0 aliphatic carbocycles. The van der Waals surface area contributed by atoms with Crippen LogP contribution in [0.5, 0.6) is 11.5 Å². The van der Waals surface area contributed by atoms with Gasteiger partial charge in [0, 0.05) is 5.56 Å². The van der Waals surface area contributed by atoms with Crippen molar-refractivity contribution in [2.45, 2.75) is 26.5 Å². The normalized spacial score (nSPS) is 11.1. The van der Waals surface area contributed by atoms with Crippen LogP contribution in [0.1, 0.15) is 30.0 Å². The highest BCUT2D eigenvalue weighted by atomic mass is 32.1. The van der Waals surface area contributed by atoms with Crippen LogP contribution in [0, 0.1) is 0 Å². The van der Waals surface area contributed by atoms with Crippen molar-refractivity contribution in [1.82, 2.24) is 4.98 Å². The molecule has 2 aromatic heterocycles. The van der Waals surface area contributed by atoms with Gasteiger partial charge in [0.1, 0.15) is 22.8 Å². The number of ether oxygens (including phenoxy) is 2. The Morgan fingerprint density at radius 2 is 1.93 bits per heavy atom. The molecule has 4 aromatic rings. The molecule has 0 bridgehead atoms. The van der Waals surface area contributed by atoms with Crippen molar-refractivity contribution in [3.05, 3.63) is 72.2 Å². The third-order valence-electron chi connectivity index (χ3n) is 4.43. The van der Waals surface area contributed by atoms with Gasteiger partial charge in [-0.3, -0.25) is 9.69 Å². The van der Waals surface area contributed by atoms with E-state index in [1.54, 1.807) is 48.6 Å². The predicted octanol–water partition coefficient (Wildman–Crippen LogP) is 5.53. The molecule has 7 heteroatoms. The van der Waals surface area contributed by atoms with Crippen LogP contribution in [0.3, 0.4) is 0 Å². The quantitative estimate of drug-likeness (QED) is 0.392. The number of amides is 1. The molecule has 1 amide bonds. The predicted molar refractivity (Wildman–Crippen MR) is 118 cm³/mol. The van der Waals surface area contributed by atoms with Gasteiger partial charge in [-0.2, -0.15) is 0 Å². The van der Waals surface area contributed by atoms with E-state index < -0.39 is 0 Å². The Hall–Kier alpha value is -3.32. The maximum Gasteiger partial charge on any atom is 0.260 e. The highest BCUT2D eigenvalue weighted by molar-refractivity contribution is 7.22. The number of hydrogen-bond donors (Lipinski definition) is 0. The molecule has 6 nitrogen and oxygen atoms in total. The molecule has 0 spiro atoms.